The van der Waals surface area contributed by atoms with Crippen LogP contribution in [-0.2, 0) is 6.54 Å². The number of likely N-dealkylation sites (tertiary alicyclic amines) is 1. The third kappa shape index (κ3) is 6.22. The van der Waals surface area contributed by atoms with Crippen LogP contribution in [0.5, 0.6) is 0 Å². The van der Waals surface area contributed by atoms with Gasteiger partial charge in [0.05, 0.1) is 12.2 Å². The van der Waals surface area contributed by atoms with E-state index in [9.17, 15) is 31.1 Å². The first-order chi connectivity index (χ1) is 17.2. The quantitative estimate of drug-likeness (QED) is 0.479. The highest BCUT2D eigenvalue weighted by atomic mass is 19.4. The van der Waals surface area contributed by atoms with Crippen LogP contribution >= 0.6 is 0 Å². The van der Waals surface area contributed by atoms with E-state index in [1.54, 1.807) is 33.0 Å². The molecule has 8 nitrogen and oxygen atoms in total. The minimum Gasteiger partial charge on any atom is -0.348 e. The standard InChI is InChI=1S/C23H27F6N7O/c1-13(2)17-18(21(37)32-16-4-6-34(7-5-16)10-22(24,25)26)33-36(11-23(27,28)29)19(17)15-8-14(3)20-30-12-31-35(20)9-15/h8-9,12-13,16H,4-7,10-11H2,1-3H3,(H,32,37). The van der Waals surface area contributed by atoms with E-state index in [0.29, 0.717) is 22.3 Å². The number of pyridine rings is 1. The van der Waals surface area contributed by atoms with E-state index in [4.69, 9.17) is 0 Å². The lowest BCUT2D eigenvalue weighted by atomic mass is 9.95. The van der Waals surface area contributed by atoms with Gasteiger partial charge in [-0.15, -0.1) is 0 Å². The Morgan fingerprint density at radius 3 is 2.35 bits per heavy atom. The Morgan fingerprint density at radius 1 is 1.11 bits per heavy atom. The van der Waals surface area contributed by atoms with Crippen LogP contribution in [0.25, 0.3) is 16.9 Å². The lowest BCUT2D eigenvalue weighted by Gasteiger charge is -2.32. The highest BCUT2D eigenvalue weighted by Gasteiger charge is 2.36. The summed E-state index contributed by atoms with van der Waals surface area (Å²) in [5, 5.41) is 11.0. The number of fused-ring (bicyclic) bond motifs is 1. The molecule has 0 saturated carbocycles. The van der Waals surface area contributed by atoms with Crippen molar-refractivity contribution in [3.05, 3.63) is 35.4 Å². The number of nitrogens with zero attached hydrogens (tertiary/aromatic N) is 6. The van der Waals surface area contributed by atoms with Crippen molar-refractivity contribution in [1.29, 1.82) is 0 Å². The summed E-state index contributed by atoms with van der Waals surface area (Å²) in [5.41, 5.74) is 1.99. The molecule has 3 aromatic heterocycles. The molecule has 1 saturated heterocycles. The van der Waals surface area contributed by atoms with Crippen LogP contribution in [0.15, 0.2) is 18.6 Å². The van der Waals surface area contributed by atoms with Gasteiger partial charge in [-0.1, -0.05) is 13.8 Å². The summed E-state index contributed by atoms with van der Waals surface area (Å²) in [7, 11) is 0. The Bertz CT molecular complexity index is 1270. The maximum atomic E-state index is 13.5. The summed E-state index contributed by atoms with van der Waals surface area (Å²) in [4.78, 5) is 18.7. The van der Waals surface area contributed by atoms with Crippen molar-refractivity contribution in [2.45, 2.75) is 64.5 Å². The number of nitrogens with one attached hydrogen (secondary N) is 1. The lowest BCUT2D eigenvalue weighted by molar-refractivity contribution is -0.148. The maximum absolute atomic E-state index is 13.5. The Balaban J connectivity index is 1.67. The van der Waals surface area contributed by atoms with E-state index in [1.165, 1.54) is 15.7 Å². The van der Waals surface area contributed by atoms with Gasteiger partial charge in [0.2, 0.25) is 0 Å². The first kappa shape index (κ1) is 26.9. The van der Waals surface area contributed by atoms with Crippen molar-refractivity contribution >= 4 is 11.6 Å². The molecule has 14 heteroatoms. The van der Waals surface area contributed by atoms with Gasteiger partial charge in [-0.3, -0.25) is 14.4 Å². The number of piperidine rings is 1. The molecule has 3 aromatic rings. The normalized spacial score (nSPS) is 16.2. The molecule has 1 aliphatic heterocycles. The fourth-order valence-corrected chi connectivity index (χ4v) is 4.75. The van der Waals surface area contributed by atoms with Crippen molar-refractivity contribution in [1.82, 2.24) is 34.6 Å². The van der Waals surface area contributed by atoms with Gasteiger partial charge in [-0.25, -0.2) is 9.50 Å². The van der Waals surface area contributed by atoms with Crippen molar-refractivity contribution in [2.24, 2.45) is 0 Å². The van der Waals surface area contributed by atoms with E-state index in [0.717, 1.165) is 4.68 Å². The zero-order chi connectivity index (χ0) is 27.1. The van der Waals surface area contributed by atoms with Gasteiger partial charge in [0.15, 0.2) is 11.3 Å². The SMILES string of the molecule is Cc1cc(-c2c(C(C)C)c(C(=O)NC3CCN(CC(F)(F)F)CC3)nn2CC(F)(F)F)cn2ncnc12. The van der Waals surface area contributed by atoms with Crippen molar-refractivity contribution in [3.63, 3.8) is 0 Å². The number of carbonyl (C=O) groups excluding carboxylic acids is 1. The first-order valence-corrected chi connectivity index (χ1v) is 11.8. The zero-order valence-corrected chi connectivity index (χ0v) is 20.5. The summed E-state index contributed by atoms with van der Waals surface area (Å²) in [5.74, 6) is -1.02. The van der Waals surface area contributed by atoms with E-state index in [1.807, 2.05) is 0 Å². The number of rotatable bonds is 6. The fraction of sp³-hybridized carbons (Fsp3) is 0.565. The smallest absolute Gasteiger partial charge is 0.348 e. The second-order valence-corrected chi connectivity index (χ2v) is 9.62. The average molecular weight is 532 g/mol. The van der Waals surface area contributed by atoms with Gasteiger partial charge >= 0.3 is 12.4 Å². The Labute approximate surface area is 208 Å². The van der Waals surface area contributed by atoms with Crippen molar-refractivity contribution in [2.75, 3.05) is 19.6 Å². The van der Waals surface area contributed by atoms with Gasteiger partial charge in [0.1, 0.15) is 12.9 Å². The minimum atomic E-state index is -4.60. The summed E-state index contributed by atoms with van der Waals surface area (Å²) in [6.45, 7) is 3.13. The van der Waals surface area contributed by atoms with Gasteiger partial charge in [0, 0.05) is 36.5 Å². The number of alkyl halides is 6. The Kier molecular flexibility index (Phi) is 7.23. The maximum Gasteiger partial charge on any atom is 0.408 e. The second-order valence-electron chi connectivity index (χ2n) is 9.62. The molecule has 0 aromatic carbocycles. The zero-order valence-electron chi connectivity index (χ0n) is 20.5. The molecule has 4 rings (SSSR count). The van der Waals surface area contributed by atoms with E-state index in [2.05, 4.69) is 20.5 Å². The minimum absolute atomic E-state index is 0.136. The fourth-order valence-electron chi connectivity index (χ4n) is 4.75. The molecule has 0 bridgehead atoms. The van der Waals surface area contributed by atoms with Crippen molar-refractivity contribution in [3.8, 4) is 11.3 Å². The summed E-state index contributed by atoms with van der Waals surface area (Å²) >= 11 is 0. The highest BCUT2D eigenvalue weighted by molar-refractivity contribution is 5.96. The van der Waals surface area contributed by atoms with Gasteiger partial charge in [-0.2, -0.15) is 36.5 Å². The molecule has 1 aliphatic rings. The third-order valence-corrected chi connectivity index (χ3v) is 6.27. The van der Waals surface area contributed by atoms with E-state index < -0.39 is 37.4 Å². The molecule has 37 heavy (non-hydrogen) atoms. The Hall–Kier alpha value is -3.16. The Morgan fingerprint density at radius 2 is 1.76 bits per heavy atom. The molecule has 0 aliphatic carbocycles. The van der Waals surface area contributed by atoms with Gasteiger partial charge in [0.25, 0.3) is 5.91 Å². The van der Waals surface area contributed by atoms with Crippen LogP contribution in [0, 0.1) is 6.92 Å². The van der Waals surface area contributed by atoms with Gasteiger partial charge < -0.3 is 5.32 Å². The van der Waals surface area contributed by atoms with Crippen LogP contribution in [0.3, 0.4) is 0 Å². The van der Waals surface area contributed by atoms with Crippen LogP contribution in [-0.4, -0.2) is 73.2 Å². The molecule has 202 valence electrons. The number of hydrogen-bond acceptors (Lipinski definition) is 5. The summed E-state index contributed by atoms with van der Waals surface area (Å²) in [6, 6.07) is 1.26. The van der Waals surface area contributed by atoms with Crippen LogP contribution in [0.2, 0.25) is 0 Å². The number of aromatic nitrogens is 5. The number of carbonyl (C=O) groups is 1. The van der Waals surface area contributed by atoms with Crippen LogP contribution in [0.4, 0.5) is 26.3 Å². The summed E-state index contributed by atoms with van der Waals surface area (Å²) in [6.07, 6.45) is -5.45. The molecule has 0 radical (unpaired) electrons. The number of hydrogen-bond donors (Lipinski definition) is 1. The number of aryl methyl sites for hydroxylation is 1. The monoisotopic (exact) mass is 531 g/mol. The molecule has 0 unspecified atom stereocenters. The molecule has 0 atom stereocenters. The highest BCUT2D eigenvalue weighted by Crippen LogP contribution is 2.35. The average Bonchev–Trinajstić information content (AvgIpc) is 3.38. The van der Waals surface area contributed by atoms with E-state index in [-0.39, 0.29) is 43.2 Å². The molecule has 4 heterocycles. The van der Waals surface area contributed by atoms with Crippen LogP contribution in [0.1, 0.15) is 54.2 Å². The molecule has 1 fully saturated rings. The van der Waals surface area contributed by atoms with Gasteiger partial charge in [-0.05, 0) is 37.3 Å². The first-order valence-electron chi connectivity index (χ1n) is 11.8. The van der Waals surface area contributed by atoms with E-state index >= 15 is 0 Å². The molecule has 0 spiro atoms. The van der Waals surface area contributed by atoms with Crippen molar-refractivity contribution < 1.29 is 31.1 Å². The third-order valence-electron chi connectivity index (χ3n) is 6.27. The molecule has 1 amide bonds. The summed E-state index contributed by atoms with van der Waals surface area (Å²) < 4.78 is 80.8. The predicted molar refractivity (Wildman–Crippen MR) is 122 cm³/mol. The predicted octanol–water partition coefficient (Wildman–Crippen LogP) is 4.34. The van der Waals surface area contributed by atoms with Crippen LogP contribution < -0.4 is 5.32 Å². The number of amides is 1. The molecular formula is C23H27F6N7O. The molecular weight excluding hydrogens is 504 g/mol. The lowest BCUT2D eigenvalue weighted by Crippen LogP contribution is -2.47. The number of halogens is 6. The molecule has 1 N–H and O–H groups in total. The topological polar surface area (TPSA) is 80.4 Å². The second kappa shape index (κ2) is 9.95. The largest absolute Gasteiger partial charge is 0.408 e.